The van der Waals surface area contributed by atoms with Crippen molar-refractivity contribution in [3.63, 3.8) is 0 Å². The molecule has 0 aliphatic carbocycles. The molecule has 110 valence electrons. The number of benzene rings is 2. The summed E-state index contributed by atoms with van der Waals surface area (Å²) in [7, 11) is -3.78. The molecule has 21 heavy (non-hydrogen) atoms. The normalized spacial score (nSPS) is 11.1. The fourth-order valence-corrected chi connectivity index (χ4v) is 3.40. The summed E-state index contributed by atoms with van der Waals surface area (Å²) in [6.07, 6.45) is 0. The van der Waals surface area contributed by atoms with Gasteiger partial charge in [0, 0.05) is 16.6 Å². The second-order valence-corrected chi connectivity index (χ2v) is 6.97. The van der Waals surface area contributed by atoms with E-state index < -0.39 is 14.9 Å². The van der Waals surface area contributed by atoms with E-state index in [4.69, 9.17) is 0 Å². The second kappa shape index (κ2) is 5.82. The molecule has 0 aliphatic heterocycles. The quantitative estimate of drug-likeness (QED) is 0.658. The lowest BCUT2D eigenvalue weighted by Crippen LogP contribution is -2.13. The SMILES string of the molecule is Cc1cc(Br)cc(NS(=O)(=O)c2ccc([N+](=O)[O-])cc2)c1. The Morgan fingerprint density at radius 1 is 1.14 bits per heavy atom. The van der Waals surface area contributed by atoms with Gasteiger partial charge in [-0.25, -0.2) is 8.42 Å². The van der Waals surface area contributed by atoms with Crippen molar-refractivity contribution in [1.29, 1.82) is 0 Å². The molecule has 0 atom stereocenters. The van der Waals surface area contributed by atoms with Gasteiger partial charge in [0.1, 0.15) is 0 Å². The summed E-state index contributed by atoms with van der Waals surface area (Å²) in [5.41, 5.74) is 1.15. The van der Waals surface area contributed by atoms with Crippen LogP contribution < -0.4 is 4.72 Å². The first-order valence-electron chi connectivity index (χ1n) is 5.82. The Morgan fingerprint density at radius 2 is 1.76 bits per heavy atom. The van der Waals surface area contributed by atoms with E-state index in [1.165, 1.54) is 12.1 Å². The predicted molar refractivity (Wildman–Crippen MR) is 82.8 cm³/mol. The Labute approximate surface area is 130 Å². The summed E-state index contributed by atoms with van der Waals surface area (Å²) in [6, 6.07) is 9.88. The van der Waals surface area contributed by atoms with Crippen LogP contribution in [0.5, 0.6) is 0 Å². The second-order valence-electron chi connectivity index (χ2n) is 4.37. The highest BCUT2D eigenvalue weighted by atomic mass is 79.9. The highest BCUT2D eigenvalue weighted by Gasteiger charge is 2.16. The van der Waals surface area contributed by atoms with Crippen molar-refractivity contribution in [3.8, 4) is 0 Å². The minimum absolute atomic E-state index is 0.0364. The molecule has 0 unspecified atom stereocenters. The van der Waals surface area contributed by atoms with Crippen molar-refractivity contribution in [2.24, 2.45) is 0 Å². The lowest BCUT2D eigenvalue weighted by atomic mass is 10.2. The molecule has 0 aromatic heterocycles. The molecule has 0 saturated carbocycles. The minimum atomic E-state index is -3.78. The van der Waals surface area contributed by atoms with Crippen molar-refractivity contribution in [2.75, 3.05) is 4.72 Å². The molecule has 0 aliphatic rings. The number of hydrogen-bond donors (Lipinski definition) is 1. The van der Waals surface area contributed by atoms with Gasteiger partial charge in [-0.1, -0.05) is 15.9 Å². The van der Waals surface area contributed by atoms with Crippen LogP contribution >= 0.6 is 15.9 Å². The van der Waals surface area contributed by atoms with Crippen LogP contribution in [0.4, 0.5) is 11.4 Å². The summed E-state index contributed by atoms with van der Waals surface area (Å²) in [5.74, 6) is 0. The number of rotatable bonds is 4. The van der Waals surface area contributed by atoms with E-state index in [1.54, 1.807) is 12.1 Å². The number of nitro benzene ring substituents is 1. The zero-order valence-corrected chi connectivity index (χ0v) is 13.3. The van der Waals surface area contributed by atoms with Gasteiger partial charge < -0.3 is 0 Å². The monoisotopic (exact) mass is 370 g/mol. The van der Waals surface area contributed by atoms with E-state index in [1.807, 2.05) is 13.0 Å². The highest BCUT2D eigenvalue weighted by Crippen LogP contribution is 2.23. The molecule has 8 heteroatoms. The molecular weight excluding hydrogens is 360 g/mol. The number of sulfonamides is 1. The van der Waals surface area contributed by atoms with Crippen LogP contribution in [0.15, 0.2) is 51.8 Å². The standard InChI is InChI=1S/C13H11BrN2O4S/c1-9-6-10(14)8-11(7-9)15-21(19,20)13-4-2-12(3-5-13)16(17)18/h2-8,15H,1H3. The Hall–Kier alpha value is -1.93. The largest absolute Gasteiger partial charge is 0.280 e. The van der Waals surface area contributed by atoms with Gasteiger partial charge in [0.05, 0.1) is 15.5 Å². The summed E-state index contributed by atoms with van der Waals surface area (Å²) >= 11 is 3.29. The maximum absolute atomic E-state index is 12.2. The molecule has 0 fully saturated rings. The van der Waals surface area contributed by atoms with Crippen LogP contribution in [-0.4, -0.2) is 13.3 Å². The first-order valence-corrected chi connectivity index (χ1v) is 8.10. The number of nitrogens with zero attached hydrogens (tertiary/aromatic N) is 1. The van der Waals surface area contributed by atoms with Gasteiger partial charge in [-0.2, -0.15) is 0 Å². The number of nitrogens with one attached hydrogen (secondary N) is 1. The summed E-state index contributed by atoms with van der Waals surface area (Å²) in [5, 5.41) is 10.6. The average Bonchev–Trinajstić information content (AvgIpc) is 2.37. The van der Waals surface area contributed by atoms with Gasteiger partial charge in [-0.15, -0.1) is 0 Å². The first kappa shape index (κ1) is 15.5. The van der Waals surface area contributed by atoms with Crippen molar-refractivity contribution < 1.29 is 13.3 Å². The third kappa shape index (κ3) is 3.79. The zero-order valence-electron chi connectivity index (χ0n) is 10.9. The third-order valence-electron chi connectivity index (χ3n) is 2.65. The first-order chi connectivity index (χ1) is 9.78. The summed E-state index contributed by atoms with van der Waals surface area (Å²) in [6.45, 7) is 1.84. The topological polar surface area (TPSA) is 89.3 Å². The van der Waals surface area contributed by atoms with Gasteiger partial charge in [0.15, 0.2) is 0 Å². The number of non-ortho nitro benzene ring substituents is 1. The van der Waals surface area contributed by atoms with Gasteiger partial charge in [0.25, 0.3) is 15.7 Å². The Morgan fingerprint density at radius 3 is 2.29 bits per heavy atom. The van der Waals surface area contributed by atoms with E-state index in [0.717, 1.165) is 22.2 Å². The zero-order chi connectivity index (χ0) is 15.6. The van der Waals surface area contributed by atoms with Gasteiger partial charge >= 0.3 is 0 Å². The van der Waals surface area contributed by atoms with Crippen molar-refractivity contribution >= 4 is 37.3 Å². The van der Waals surface area contributed by atoms with Crippen LogP contribution in [0.25, 0.3) is 0 Å². The van der Waals surface area contributed by atoms with Gasteiger partial charge in [-0.3, -0.25) is 14.8 Å². The van der Waals surface area contributed by atoms with Crippen LogP contribution in [0.2, 0.25) is 0 Å². The molecule has 0 heterocycles. The lowest BCUT2D eigenvalue weighted by Gasteiger charge is -2.09. The number of aryl methyl sites for hydroxylation is 1. The molecule has 0 radical (unpaired) electrons. The molecule has 2 aromatic carbocycles. The molecule has 2 aromatic rings. The van der Waals surface area contributed by atoms with E-state index in [0.29, 0.717) is 5.69 Å². The maximum atomic E-state index is 12.2. The third-order valence-corrected chi connectivity index (χ3v) is 4.51. The molecule has 0 amide bonds. The molecule has 1 N–H and O–H groups in total. The van der Waals surface area contributed by atoms with Crippen molar-refractivity contribution in [1.82, 2.24) is 0 Å². The number of halogens is 1. The average molecular weight is 371 g/mol. The van der Waals surface area contributed by atoms with Gasteiger partial charge in [0.2, 0.25) is 0 Å². The lowest BCUT2D eigenvalue weighted by molar-refractivity contribution is -0.384. The van der Waals surface area contributed by atoms with Crippen molar-refractivity contribution in [3.05, 3.63) is 62.6 Å². The van der Waals surface area contributed by atoms with Crippen LogP contribution in [0, 0.1) is 17.0 Å². The number of nitro groups is 1. The molecule has 0 bridgehead atoms. The van der Waals surface area contributed by atoms with E-state index in [-0.39, 0.29) is 10.6 Å². The number of hydrogen-bond acceptors (Lipinski definition) is 4. The van der Waals surface area contributed by atoms with Crippen molar-refractivity contribution in [2.45, 2.75) is 11.8 Å². The van der Waals surface area contributed by atoms with Crippen LogP contribution in [0.3, 0.4) is 0 Å². The molecule has 0 saturated heterocycles. The summed E-state index contributed by atoms with van der Waals surface area (Å²) < 4.78 is 27.6. The van der Waals surface area contributed by atoms with Gasteiger partial charge in [-0.05, 0) is 42.8 Å². The summed E-state index contributed by atoms with van der Waals surface area (Å²) in [4.78, 5) is 9.94. The van der Waals surface area contributed by atoms with E-state index in [2.05, 4.69) is 20.7 Å². The Bertz CT molecular complexity index is 768. The van der Waals surface area contributed by atoms with Crippen LogP contribution in [0.1, 0.15) is 5.56 Å². The highest BCUT2D eigenvalue weighted by molar-refractivity contribution is 9.10. The minimum Gasteiger partial charge on any atom is -0.280 e. The van der Waals surface area contributed by atoms with E-state index >= 15 is 0 Å². The van der Waals surface area contributed by atoms with Crippen LogP contribution in [-0.2, 0) is 10.0 Å². The van der Waals surface area contributed by atoms with E-state index in [9.17, 15) is 18.5 Å². The maximum Gasteiger partial charge on any atom is 0.269 e. The number of anilines is 1. The fraction of sp³-hybridized carbons (Fsp3) is 0.0769. The fourth-order valence-electron chi connectivity index (χ4n) is 1.76. The smallest absolute Gasteiger partial charge is 0.269 e. The Kier molecular flexibility index (Phi) is 4.29. The molecule has 0 spiro atoms. The molecule has 2 rings (SSSR count). The Balaban J connectivity index is 2.31. The molecular formula is C13H11BrN2O4S. The predicted octanol–water partition coefficient (Wildman–Crippen LogP) is 3.47. The molecule has 6 nitrogen and oxygen atoms in total.